The Morgan fingerprint density at radius 1 is 1.13 bits per heavy atom. The van der Waals surface area contributed by atoms with Crippen LogP contribution in [0.15, 0.2) is 47.1 Å². The number of nitrogens with zero attached hydrogens (tertiary/aromatic N) is 2. The van der Waals surface area contributed by atoms with Crippen LogP contribution in [0.1, 0.15) is 5.56 Å². The van der Waals surface area contributed by atoms with Gasteiger partial charge in [-0.05, 0) is 0 Å². The Balaban J connectivity index is 2.41. The molecule has 1 heterocycles. The van der Waals surface area contributed by atoms with Gasteiger partial charge in [-0.25, -0.2) is 0 Å². The summed E-state index contributed by atoms with van der Waals surface area (Å²) in [5.41, 5.74) is 2.91. The number of aliphatic hydroxyl groups excluding tert-OH is 2. The third-order valence-electron chi connectivity index (χ3n) is 1.94. The lowest BCUT2D eigenvalue weighted by Gasteiger charge is -2.20. The van der Waals surface area contributed by atoms with E-state index in [-0.39, 0.29) is 10.9 Å². The molecule has 0 amide bonds. The van der Waals surface area contributed by atoms with Crippen LogP contribution >= 0.6 is 0 Å². The second-order valence-electron chi connectivity index (χ2n) is 2.91. The van der Waals surface area contributed by atoms with Gasteiger partial charge in [0.1, 0.15) is 5.71 Å². The van der Waals surface area contributed by atoms with Crippen LogP contribution in [-0.4, -0.2) is 26.3 Å². The molecule has 2 rings (SSSR count). The zero-order chi connectivity index (χ0) is 10.8. The second kappa shape index (κ2) is 3.50. The van der Waals surface area contributed by atoms with E-state index < -0.39 is 11.6 Å². The molecule has 6 heteroatoms. The number of hydrazone groups is 1. The molecule has 1 aromatic carbocycles. The highest BCUT2D eigenvalue weighted by Gasteiger charge is 2.22. The summed E-state index contributed by atoms with van der Waals surface area (Å²) in [6, 6.07) is 8.80. The highest BCUT2D eigenvalue weighted by molar-refractivity contribution is 6.11. The maximum absolute atomic E-state index is 9.52. The molecule has 0 bridgehead atoms. The molecule has 78 valence electrons. The minimum absolute atomic E-state index is 0.165. The summed E-state index contributed by atoms with van der Waals surface area (Å²) >= 11 is 0. The van der Waals surface area contributed by atoms with Crippen LogP contribution < -0.4 is 5.53 Å². The Bertz CT molecular complexity index is 427. The van der Waals surface area contributed by atoms with Gasteiger partial charge in [0.2, 0.25) is 5.76 Å². The van der Waals surface area contributed by atoms with Crippen LogP contribution in [0.3, 0.4) is 0 Å². The van der Waals surface area contributed by atoms with Crippen LogP contribution in [0, 0.1) is 0 Å². The second-order valence-corrected chi connectivity index (χ2v) is 2.91. The van der Waals surface area contributed by atoms with E-state index in [9.17, 15) is 10.2 Å². The number of hydrogen-bond donors (Lipinski definition) is 4. The monoisotopic (exact) mass is 207 g/mol. The van der Waals surface area contributed by atoms with Crippen LogP contribution in [0.4, 0.5) is 0 Å². The van der Waals surface area contributed by atoms with Crippen LogP contribution in [-0.2, 0) is 0 Å². The van der Waals surface area contributed by atoms with Gasteiger partial charge in [-0.2, -0.15) is 10.6 Å². The van der Waals surface area contributed by atoms with Crippen molar-refractivity contribution in [2.45, 2.75) is 0 Å². The number of aliphatic hydroxyl groups is 2. The maximum atomic E-state index is 9.52. The number of benzene rings is 1. The van der Waals surface area contributed by atoms with Gasteiger partial charge in [-0.1, -0.05) is 30.3 Å². The minimum Gasteiger partial charge on any atom is -0.501 e. The first-order chi connectivity index (χ1) is 7.20. The summed E-state index contributed by atoms with van der Waals surface area (Å²) < 4.78 is 0. The van der Waals surface area contributed by atoms with Crippen molar-refractivity contribution in [1.29, 1.82) is 0 Å². The third kappa shape index (κ3) is 1.57. The molecule has 0 saturated heterocycles. The summed E-state index contributed by atoms with van der Waals surface area (Å²) in [7, 11) is 0. The van der Waals surface area contributed by atoms with Gasteiger partial charge in [-0.3, -0.25) is 5.21 Å². The highest BCUT2D eigenvalue weighted by atomic mass is 16.6. The Kier molecular flexibility index (Phi) is 2.18. The van der Waals surface area contributed by atoms with Crippen molar-refractivity contribution in [3.63, 3.8) is 0 Å². The van der Waals surface area contributed by atoms with Gasteiger partial charge >= 0.3 is 0 Å². The molecule has 1 aliphatic rings. The van der Waals surface area contributed by atoms with Crippen molar-refractivity contribution in [3.05, 3.63) is 47.5 Å². The lowest BCUT2D eigenvalue weighted by atomic mass is 10.1. The summed E-state index contributed by atoms with van der Waals surface area (Å²) in [5, 5.41) is 31.6. The molecule has 0 unspecified atom stereocenters. The molecule has 15 heavy (non-hydrogen) atoms. The Morgan fingerprint density at radius 3 is 2.47 bits per heavy atom. The van der Waals surface area contributed by atoms with Crippen molar-refractivity contribution in [2.24, 2.45) is 5.10 Å². The fourth-order valence-corrected chi connectivity index (χ4v) is 1.20. The molecular formula is C9H9N3O3. The molecular weight excluding hydrogens is 198 g/mol. The van der Waals surface area contributed by atoms with Crippen LogP contribution in [0.5, 0.6) is 0 Å². The third-order valence-corrected chi connectivity index (χ3v) is 1.94. The Labute approximate surface area is 85.3 Å². The molecule has 6 nitrogen and oxygen atoms in total. The largest absolute Gasteiger partial charge is 0.501 e. The Morgan fingerprint density at radius 2 is 1.80 bits per heavy atom. The minimum atomic E-state index is -0.691. The average molecular weight is 207 g/mol. The smallest absolute Gasteiger partial charge is 0.279 e. The number of hydrogen-bond acceptors (Lipinski definition) is 6. The predicted molar refractivity (Wildman–Crippen MR) is 52.0 cm³/mol. The van der Waals surface area contributed by atoms with E-state index in [1.165, 1.54) is 0 Å². The number of allylic oxidation sites excluding steroid dienone is 1. The highest BCUT2D eigenvalue weighted by Crippen LogP contribution is 2.14. The molecule has 0 atom stereocenters. The van der Waals surface area contributed by atoms with E-state index in [1.54, 1.807) is 24.3 Å². The number of hydroxylamine groups is 1. The van der Waals surface area contributed by atoms with Crippen LogP contribution in [0.2, 0.25) is 0 Å². The quantitative estimate of drug-likeness (QED) is 0.549. The van der Waals surface area contributed by atoms with E-state index in [0.717, 1.165) is 0 Å². The Hall–Kier alpha value is -2.21. The lowest BCUT2D eigenvalue weighted by Crippen LogP contribution is -2.37. The van der Waals surface area contributed by atoms with Gasteiger partial charge in [0.25, 0.3) is 5.88 Å². The zero-order valence-corrected chi connectivity index (χ0v) is 7.62. The fraction of sp³-hybridized carbons (Fsp3) is 0. The predicted octanol–water partition coefficient (Wildman–Crippen LogP) is 0.885. The summed E-state index contributed by atoms with van der Waals surface area (Å²) in [5.74, 6) is -1.17. The van der Waals surface area contributed by atoms with E-state index in [1.807, 2.05) is 6.07 Å². The summed E-state index contributed by atoms with van der Waals surface area (Å²) in [4.78, 5) is 0. The zero-order valence-electron chi connectivity index (χ0n) is 7.62. The maximum Gasteiger partial charge on any atom is 0.279 e. The normalized spacial score (nSPS) is 16.1. The molecule has 4 N–H and O–H groups in total. The number of hydrazine groups is 1. The average Bonchev–Trinajstić information content (AvgIpc) is 2.27. The fourth-order valence-electron chi connectivity index (χ4n) is 1.20. The molecule has 0 fully saturated rings. The molecule has 0 saturated carbocycles. The van der Waals surface area contributed by atoms with Gasteiger partial charge < -0.3 is 10.2 Å². The summed E-state index contributed by atoms with van der Waals surface area (Å²) in [6.45, 7) is 0. The van der Waals surface area contributed by atoms with Crippen molar-refractivity contribution < 1.29 is 15.4 Å². The molecule has 0 radical (unpaired) electrons. The summed E-state index contributed by atoms with van der Waals surface area (Å²) in [6.07, 6.45) is 0. The molecule has 1 aromatic rings. The van der Waals surface area contributed by atoms with Crippen molar-refractivity contribution in [2.75, 3.05) is 0 Å². The number of nitrogens with one attached hydrogen (secondary N) is 1. The first kappa shape index (κ1) is 9.35. The first-order valence-corrected chi connectivity index (χ1v) is 4.20. The van der Waals surface area contributed by atoms with Gasteiger partial charge in [0, 0.05) is 5.56 Å². The van der Waals surface area contributed by atoms with Gasteiger partial charge in [-0.15, -0.1) is 5.17 Å². The first-order valence-electron chi connectivity index (χ1n) is 4.20. The van der Waals surface area contributed by atoms with Gasteiger partial charge in [0.15, 0.2) is 0 Å². The van der Waals surface area contributed by atoms with E-state index >= 15 is 0 Å². The van der Waals surface area contributed by atoms with Crippen molar-refractivity contribution in [1.82, 2.24) is 10.7 Å². The van der Waals surface area contributed by atoms with E-state index in [2.05, 4.69) is 10.6 Å². The van der Waals surface area contributed by atoms with Crippen molar-refractivity contribution >= 4 is 5.71 Å². The molecule has 0 spiro atoms. The lowest BCUT2D eigenvalue weighted by molar-refractivity contribution is -0.142. The van der Waals surface area contributed by atoms with Gasteiger partial charge in [0.05, 0.1) is 0 Å². The molecule has 1 aliphatic heterocycles. The van der Waals surface area contributed by atoms with E-state index in [4.69, 9.17) is 5.21 Å². The molecule has 0 aliphatic carbocycles. The number of rotatable bonds is 1. The van der Waals surface area contributed by atoms with Crippen molar-refractivity contribution in [3.8, 4) is 0 Å². The SMILES string of the molecule is OC1=C(O)N(O)NN=C1c1ccccc1. The molecule has 0 aromatic heterocycles. The standard InChI is InChI=1S/C9H9N3O3/c13-8-7(6-4-2-1-3-5-6)10-11-12(15)9(8)14/h1-5,11,13-15H. The topological polar surface area (TPSA) is 88.3 Å². The van der Waals surface area contributed by atoms with E-state index in [0.29, 0.717) is 5.56 Å². The van der Waals surface area contributed by atoms with Crippen LogP contribution in [0.25, 0.3) is 0 Å².